The molecule has 1 unspecified atom stereocenters. The molecule has 80 valence electrons. The van der Waals surface area contributed by atoms with E-state index >= 15 is 0 Å². The predicted octanol–water partition coefficient (Wildman–Crippen LogP) is 0.555. The zero-order valence-corrected chi connectivity index (χ0v) is 8.88. The molecule has 0 aliphatic rings. The molecular formula is C10H14N4O. The van der Waals surface area contributed by atoms with Crippen LogP contribution in [0.3, 0.4) is 0 Å². The smallest absolute Gasteiger partial charge is 0.226 e. The van der Waals surface area contributed by atoms with Crippen molar-refractivity contribution in [3.05, 3.63) is 18.0 Å². The van der Waals surface area contributed by atoms with Crippen LogP contribution in [0.2, 0.25) is 0 Å². The van der Waals surface area contributed by atoms with Gasteiger partial charge in [0.1, 0.15) is 11.8 Å². The van der Waals surface area contributed by atoms with Crippen molar-refractivity contribution < 1.29 is 5.11 Å². The first kappa shape index (κ1) is 11.4. The second kappa shape index (κ2) is 5.27. The number of nitriles is 1. The lowest BCUT2D eigenvalue weighted by atomic mass is 10.3. The van der Waals surface area contributed by atoms with Crippen LogP contribution >= 0.6 is 0 Å². The highest BCUT2D eigenvalue weighted by Gasteiger charge is 2.06. The summed E-state index contributed by atoms with van der Waals surface area (Å²) < 4.78 is 0. The van der Waals surface area contributed by atoms with E-state index < -0.39 is 0 Å². The molecule has 1 heterocycles. The van der Waals surface area contributed by atoms with E-state index in [0.717, 1.165) is 0 Å². The highest BCUT2D eigenvalue weighted by Crippen LogP contribution is 2.06. The summed E-state index contributed by atoms with van der Waals surface area (Å²) in [7, 11) is 1.83. The molecule has 0 aromatic carbocycles. The van der Waals surface area contributed by atoms with Crippen LogP contribution in [0.15, 0.2) is 12.3 Å². The summed E-state index contributed by atoms with van der Waals surface area (Å²) in [5.74, 6) is 0.509. The largest absolute Gasteiger partial charge is 0.393 e. The molecule has 5 nitrogen and oxygen atoms in total. The number of aromatic nitrogens is 2. The van der Waals surface area contributed by atoms with Crippen molar-refractivity contribution in [3.8, 4) is 6.07 Å². The second-order valence-electron chi connectivity index (χ2n) is 3.41. The van der Waals surface area contributed by atoms with Crippen LogP contribution in [0.1, 0.15) is 19.0 Å². The number of hydrogen-bond donors (Lipinski definition) is 1. The zero-order valence-electron chi connectivity index (χ0n) is 8.88. The third kappa shape index (κ3) is 3.52. The maximum absolute atomic E-state index is 9.13. The molecule has 1 aromatic rings. The summed E-state index contributed by atoms with van der Waals surface area (Å²) in [6.45, 7) is 2.40. The standard InChI is InChI=1S/C10H14N4O/c1-8(15)4-6-14(2)10-12-5-3-9(7-11)13-10/h3,5,8,15H,4,6H2,1-2H3. The fourth-order valence-electron chi connectivity index (χ4n) is 1.08. The predicted molar refractivity (Wildman–Crippen MR) is 56.3 cm³/mol. The topological polar surface area (TPSA) is 73.0 Å². The molecule has 1 N–H and O–H groups in total. The normalized spacial score (nSPS) is 11.9. The molecule has 1 atom stereocenters. The Morgan fingerprint density at radius 1 is 1.67 bits per heavy atom. The summed E-state index contributed by atoms with van der Waals surface area (Å²) >= 11 is 0. The van der Waals surface area contributed by atoms with Crippen molar-refractivity contribution in [1.82, 2.24) is 9.97 Å². The van der Waals surface area contributed by atoms with Gasteiger partial charge in [0.15, 0.2) is 0 Å². The summed E-state index contributed by atoms with van der Waals surface area (Å²) in [5, 5.41) is 17.8. The van der Waals surface area contributed by atoms with E-state index in [1.165, 1.54) is 0 Å². The number of nitrogens with zero attached hydrogens (tertiary/aromatic N) is 4. The first-order valence-corrected chi connectivity index (χ1v) is 4.76. The van der Waals surface area contributed by atoms with Crippen molar-refractivity contribution in [1.29, 1.82) is 5.26 Å². The van der Waals surface area contributed by atoms with Crippen LogP contribution < -0.4 is 4.90 Å². The maximum Gasteiger partial charge on any atom is 0.226 e. The van der Waals surface area contributed by atoms with Gasteiger partial charge >= 0.3 is 0 Å². The average Bonchev–Trinajstić information content (AvgIpc) is 2.26. The summed E-state index contributed by atoms with van der Waals surface area (Å²) in [5.41, 5.74) is 0.351. The van der Waals surface area contributed by atoms with Crippen LogP contribution in [0, 0.1) is 11.3 Å². The molecule has 0 radical (unpaired) electrons. The third-order valence-electron chi connectivity index (χ3n) is 1.98. The summed E-state index contributed by atoms with van der Waals surface area (Å²) in [4.78, 5) is 9.90. The second-order valence-corrected chi connectivity index (χ2v) is 3.41. The first-order chi connectivity index (χ1) is 7.13. The highest BCUT2D eigenvalue weighted by atomic mass is 16.3. The van der Waals surface area contributed by atoms with E-state index in [0.29, 0.717) is 24.6 Å². The molecule has 1 rings (SSSR count). The Hall–Kier alpha value is -1.67. The molecule has 0 fully saturated rings. The number of anilines is 1. The van der Waals surface area contributed by atoms with Gasteiger partial charge in [-0.1, -0.05) is 0 Å². The van der Waals surface area contributed by atoms with Crippen molar-refractivity contribution >= 4 is 5.95 Å². The monoisotopic (exact) mass is 206 g/mol. The molecule has 0 aliphatic heterocycles. The molecule has 0 bridgehead atoms. The average molecular weight is 206 g/mol. The van der Waals surface area contributed by atoms with E-state index in [-0.39, 0.29) is 6.10 Å². The van der Waals surface area contributed by atoms with Gasteiger partial charge in [0.05, 0.1) is 6.10 Å². The fourth-order valence-corrected chi connectivity index (χ4v) is 1.08. The lowest BCUT2D eigenvalue weighted by Gasteiger charge is -2.17. The fraction of sp³-hybridized carbons (Fsp3) is 0.500. The van der Waals surface area contributed by atoms with E-state index in [4.69, 9.17) is 10.4 Å². The van der Waals surface area contributed by atoms with Gasteiger partial charge in [0.2, 0.25) is 5.95 Å². The van der Waals surface area contributed by atoms with E-state index in [9.17, 15) is 0 Å². The SMILES string of the molecule is CC(O)CCN(C)c1nccc(C#N)n1. The zero-order chi connectivity index (χ0) is 11.3. The Morgan fingerprint density at radius 3 is 3.00 bits per heavy atom. The number of aliphatic hydroxyl groups is 1. The van der Waals surface area contributed by atoms with Gasteiger partial charge < -0.3 is 10.0 Å². The molecule has 0 spiro atoms. The molecular weight excluding hydrogens is 192 g/mol. The van der Waals surface area contributed by atoms with Gasteiger partial charge in [0, 0.05) is 19.8 Å². The Kier molecular flexibility index (Phi) is 4.01. The van der Waals surface area contributed by atoms with Crippen molar-refractivity contribution in [2.24, 2.45) is 0 Å². The number of rotatable bonds is 4. The Labute approximate surface area is 89.0 Å². The van der Waals surface area contributed by atoms with Crippen LogP contribution in [-0.4, -0.2) is 34.8 Å². The maximum atomic E-state index is 9.13. The van der Waals surface area contributed by atoms with E-state index in [1.54, 1.807) is 19.2 Å². The van der Waals surface area contributed by atoms with E-state index in [1.807, 2.05) is 18.0 Å². The first-order valence-electron chi connectivity index (χ1n) is 4.76. The van der Waals surface area contributed by atoms with Gasteiger partial charge in [-0.15, -0.1) is 0 Å². The van der Waals surface area contributed by atoms with Crippen LogP contribution in [-0.2, 0) is 0 Å². The van der Waals surface area contributed by atoms with Gasteiger partial charge in [0.25, 0.3) is 0 Å². The van der Waals surface area contributed by atoms with Gasteiger partial charge in [-0.05, 0) is 19.4 Å². The number of aliphatic hydroxyl groups excluding tert-OH is 1. The minimum absolute atomic E-state index is 0.341. The lowest BCUT2D eigenvalue weighted by Crippen LogP contribution is -2.23. The van der Waals surface area contributed by atoms with Crippen molar-refractivity contribution in [2.45, 2.75) is 19.4 Å². The Balaban J connectivity index is 2.65. The summed E-state index contributed by atoms with van der Waals surface area (Å²) in [6.07, 6.45) is 1.86. The molecule has 15 heavy (non-hydrogen) atoms. The molecule has 0 saturated carbocycles. The molecule has 0 aliphatic carbocycles. The van der Waals surface area contributed by atoms with Crippen LogP contribution in [0.5, 0.6) is 0 Å². The van der Waals surface area contributed by atoms with Crippen LogP contribution in [0.4, 0.5) is 5.95 Å². The van der Waals surface area contributed by atoms with E-state index in [2.05, 4.69) is 9.97 Å². The molecule has 0 amide bonds. The highest BCUT2D eigenvalue weighted by molar-refractivity contribution is 5.32. The van der Waals surface area contributed by atoms with Crippen LogP contribution in [0.25, 0.3) is 0 Å². The lowest BCUT2D eigenvalue weighted by molar-refractivity contribution is 0.186. The molecule has 0 saturated heterocycles. The molecule has 1 aromatic heterocycles. The molecule has 5 heteroatoms. The van der Waals surface area contributed by atoms with Gasteiger partial charge in [-0.25, -0.2) is 9.97 Å². The summed E-state index contributed by atoms with van der Waals surface area (Å²) in [6, 6.07) is 3.52. The van der Waals surface area contributed by atoms with Gasteiger partial charge in [-0.3, -0.25) is 0 Å². The Bertz CT molecular complexity index is 359. The van der Waals surface area contributed by atoms with Crippen molar-refractivity contribution in [2.75, 3.05) is 18.5 Å². The minimum Gasteiger partial charge on any atom is -0.393 e. The van der Waals surface area contributed by atoms with Gasteiger partial charge in [-0.2, -0.15) is 5.26 Å². The number of hydrogen-bond acceptors (Lipinski definition) is 5. The third-order valence-corrected chi connectivity index (χ3v) is 1.98. The quantitative estimate of drug-likeness (QED) is 0.779. The Morgan fingerprint density at radius 2 is 2.40 bits per heavy atom. The van der Waals surface area contributed by atoms with Crippen molar-refractivity contribution in [3.63, 3.8) is 0 Å². The minimum atomic E-state index is -0.341.